The summed E-state index contributed by atoms with van der Waals surface area (Å²) in [7, 11) is 3.32. The van der Waals surface area contributed by atoms with E-state index >= 15 is 0 Å². The summed E-state index contributed by atoms with van der Waals surface area (Å²) < 4.78 is 7.55. The number of hydrogen-bond acceptors (Lipinski definition) is 5. The largest absolute Gasteiger partial charge is 0.480 e. The van der Waals surface area contributed by atoms with Gasteiger partial charge in [0.1, 0.15) is 0 Å². The number of nitrogens with zero attached hydrogens (tertiary/aromatic N) is 5. The Morgan fingerprint density at radius 1 is 1.47 bits per heavy atom. The van der Waals surface area contributed by atoms with Crippen molar-refractivity contribution in [2.24, 2.45) is 7.05 Å². The fourth-order valence-corrected chi connectivity index (χ4v) is 1.54. The van der Waals surface area contributed by atoms with Crippen LogP contribution in [-0.2, 0) is 7.05 Å². The van der Waals surface area contributed by atoms with Crippen LogP contribution in [0.2, 0.25) is 0 Å². The maximum absolute atomic E-state index is 5.14. The van der Waals surface area contributed by atoms with E-state index in [1.165, 1.54) is 0 Å². The first-order valence-corrected chi connectivity index (χ1v) is 4.94. The van der Waals surface area contributed by atoms with E-state index in [0.29, 0.717) is 11.7 Å². The summed E-state index contributed by atoms with van der Waals surface area (Å²) in [5.41, 5.74) is 0.749. The first-order valence-electron chi connectivity index (χ1n) is 4.14. The molecular weight excluding hydrogens is 262 g/mol. The number of halogens is 1. The average Bonchev–Trinajstić information content (AvgIpc) is 2.64. The van der Waals surface area contributed by atoms with Crippen LogP contribution in [-0.4, -0.2) is 32.3 Å². The van der Waals surface area contributed by atoms with Crippen molar-refractivity contribution in [3.05, 3.63) is 16.7 Å². The van der Waals surface area contributed by atoms with Crippen LogP contribution in [0.3, 0.4) is 0 Å². The SMILES string of the molecule is COc1ncc(Br)cc1-c1nnnn1C. The molecule has 0 N–H and O–H groups in total. The second-order valence-electron chi connectivity index (χ2n) is 2.84. The molecule has 2 heterocycles. The molecule has 6 nitrogen and oxygen atoms in total. The van der Waals surface area contributed by atoms with Crippen LogP contribution in [0.15, 0.2) is 16.7 Å². The van der Waals surface area contributed by atoms with Gasteiger partial charge in [-0.25, -0.2) is 9.67 Å². The summed E-state index contributed by atoms with van der Waals surface area (Å²) in [6, 6.07) is 1.86. The third kappa shape index (κ3) is 1.82. The molecule has 2 rings (SSSR count). The van der Waals surface area contributed by atoms with Gasteiger partial charge in [0.2, 0.25) is 5.88 Å². The smallest absolute Gasteiger partial charge is 0.224 e. The highest BCUT2D eigenvalue weighted by Crippen LogP contribution is 2.27. The van der Waals surface area contributed by atoms with E-state index in [4.69, 9.17) is 4.74 Å². The Hall–Kier alpha value is -1.50. The Morgan fingerprint density at radius 2 is 2.27 bits per heavy atom. The van der Waals surface area contributed by atoms with Gasteiger partial charge in [-0.05, 0) is 32.4 Å². The molecule has 0 aliphatic carbocycles. The Morgan fingerprint density at radius 3 is 2.87 bits per heavy atom. The highest BCUT2D eigenvalue weighted by molar-refractivity contribution is 9.10. The van der Waals surface area contributed by atoms with Gasteiger partial charge in [0.15, 0.2) is 5.82 Å². The third-order valence-electron chi connectivity index (χ3n) is 1.87. The summed E-state index contributed by atoms with van der Waals surface area (Å²) in [5, 5.41) is 11.2. The highest BCUT2D eigenvalue weighted by Gasteiger charge is 2.13. The van der Waals surface area contributed by atoms with Crippen molar-refractivity contribution in [1.29, 1.82) is 0 Å². The molecule has 0 aliphatic heterocycles. The third-order valence-corrected chi connectivity index (χ3v) is 2.31. The molecule has 0 fully saturated rings. The van der Waals surface area contributed by atoms with Crippen LogP contribution in [0.4, 0.5) is 0 Å². The van der Waals surface area contributed by atoms with Crippen LogP contribution < -0.4 is 4.74 Å². The van der Waals surface area contributed by atoms with E-state index in [0.717, 1.165) is 10.0 Å². The Labute approximate surface area is 94.4 Å². The lowest BCUT2D eigenvalue weighted by atomic mass is 10.2. The van der Waals surface area contributed by atoms with Crippen molar-refractivity contribution < 1.29 is 4.74 Å². The predicted octanol–water partition coefficient (Wildman–Crippen LogP) is 1.04. The van der Waals surface area contributed by atoms with Crippen LogP contribution in [0, 0.1) is 0 Å². The lowest BCUT2D eigenvalue weighted by molar-refractivity contribution is 0.399. The number of hydrogen-bond donors (Lipinski definition) is 0. The van der Waals surface area contributed by atoms with E-state index in [9.17, 15) is 0 Å². The van der Waals surface area contributed by atoms with Gasteiger partial charge in [0, 0.05) is 17.7 Å². The van der Waals surface area contributed by atoms with Crippen LogP contribution in [0.5, 0.6) is 5.88 Å². The molecule has 0 unspecified atom stereocenters. The molecule has 78 valence electrons. The summed E-state index contributed by atoms with van der Waals surface area (Å²) in [4.78, 5) is 4.12. The van der Waals surface area contributed by atoms with E-state index in [-0.39, 0.29) is 0 Å². The van der Waals surface area contributed by atoms with E-state index in [1.54, 1.807) is 25.0 Å². The number of ether oxygens (including phenoxy) is 1. The average molecular weight is 270 g/mol. The van der Waals surface area contributed by atoms with Crippen molar-refractivity contribution in [3.63, 3.8) is 0 Å². The minimum Gasteiger partial charge on any atom is -0.480 e. The lowest BCUT2D eigenvalue weighted by Crippen LogP contribution is -1.98. The van der Waals surface area contributed by atoms with Crippen LogP contribution >= 0.6 is 15.9 Å². The van der Waals surface area contributed by atoms with Crippen LogP contribution in [0.1, 0.15) is 0 Å². The molecule has 0 saturated heterocycles. The Balaban J connectivity index is 2.60. The number of methoxy groups -OCH3 is 1. The molecular formula is C8H8BrN5O. The van der Waals surface area contributed by atoms with Crippen molar-refractivity contribution in [2.75, 3.05) is 7.11 Å². The maximum atomic E-state index is 5.14. The van der Waals surface area contributed by atoms with Gasteiger partial charge >= 0.3 is 0 Å². The van der Waals surface area contributed by atoms with Gasteiger partial charge in [0.25, 0.3) is 0 Å². The zero-order valence-corrected chi connectivity index (χ0v) is 9.76. The van der Waals surface area contributed by atoms with Crippen molar-refractivity contribution in [2.45, 2.75) is 0 Å². The zero-order valence-electron chi connectivity index (χ0n) is 8.18. The summed E-state index contributed by atoms with van der Waals surface area (Å²) in [6.45, 7) is 0. The van der Waals surface area contributed by atoms with Gasteiger partial charge in [-0.1, -0.05) is 0 Å². The van der Waals surface area contributed by atoms with Crippen molar-refractivity contribution >= 4 is 15.9 Å². The van der Waals surface area contributed by atoms with Gasteiger partial charge < -0.3 is 4.74 Å². The molecule has 0 atom stereocenters. The fraction of sp³-hybridized carbons (Fsp3) is 0.250. The van der Waals surface area contributed by atoms with Crippen molar-refractivity contribution in [1.82, 2.24) is 25.2 Å². The topological polar surface area (TPSA) is 65.7 Å². The molecule has 0 saturated carbocycles. The second-order valence-corrected chi connectivity index (χ2v) is 3.75. The van der Waals surface area contributed by atoms with Gasteiger partial charge in [-0.2, -0.15) is 0 Å². The van der Waals surface area contributed by atoms with Crippen LogP contribution in [0.25, 0.3) is 11.4 Å². The molecule has 7 heteroatoms. The summed E-state index contributed by atoms with van der Waals surface area (Å²) in [5.74, 6) is 1.11. The first kappa shape index (κ1) is 10.0. The molecule has 2 aromatic heterocycles. The Bertz CT molecular complexity index is 484. The predicted molar refractivity (Wildman–Crippen MR) is 56.3 cm³/mol. The molecule has 0 amide bonds. The normalized spacial score (nSPS) is 10.3. The number of aromatic nitrogens is 5. The van der Waals surface area contributed by atoms with E-state index in [2.05, 4.69) is 36.4 Å². The first-order chi connectivity index (χ1) is 7.22. The molecule has 0 bridgehead atoms. The molecule has 0 aliphatic rings. The second kappa shape index (κ2) is 3.93. The number of aryl methyl sites for hydroxylation is 1. The molecule has 15 heavy (non-hydrogen) atoms. The molecule has 0 radical (unpaired) electrons. The quantitative estimate of drug-likeness (QED) is 0.815. The number of rotatable bonds is 2. The van der Waals surface area contributed by atoms with E-state index < -0.39 is 0 Å². The lowest BCUT2D eigenvalue weighted by Gasteiger charge is -2.05. The van der Waals surface area contributed by atoms with Gasteiger partial charge in [-0.15, -0.1) is 5.10 Å². The summed E-state index contributed by atoms with van der Waals surface area (Å²) in [6.07, 6.45) is 1.66. The summed E-state index contributed by atoms with van der Waals surface area (Å²) >= 11 is 3.34. The minimum atomic E-state index is 0.496. The number of pyridine rings is 1. The van der Waals surface area contributed by atoms with Gasteiger partial charge in [0.05, 0.1) is 12.7 Å². The molecule has 0 aromatic carbocycles. The van der Waals surface area contributed by atoms with E-state index in [1.807, 2.05) is 6.07 Å². The number of tetrazole rings is 1. The molecule has 2 aromatic rings. The minimum absolute atomic E-state index is 0.496. The maximum Gasteiger partial charge on any atom is 0.224 e. The monoisotopic (exact) mass is 269 g/mol. The Kier molecular flexibility index (Phi) is 2.63. The fourth-order valence-electron chi connectivity index (χ4n) is 1.21. The van der Waals surface area contributed by atoms with Gasteiger partial charge in [-0.3, -0.25) is 0 Å². The molecule has 0 spiro atoms. The van der Waals surface area contributed by atoms with Crippen molar-refractivity contribution in [3.8, 4) is 17.3 Å². The zero-order chi connectivity index (χ0) is 10.8. The standard InChI is InChI=1S/C8H8BrN5O/c1-14-7(11-12-13-14)6-3-5(9)4-10-8(6)15-2/h3-4H,1-2H3. The highest BCUT2D eigenvalue weighted by atomic mass is 79.9.